The molecule has 0 N–H and O–H groups in total. The number of carbonyl (C=O) groups is 1. The SMILES string of the molecule is CCC(CSC)N(C)c1nc2ccccc2cc1C=O. The van der Waals surface area contributed by atoms with Gasteiger partial charge in [-0.05, 0) is 24.8 Å². The third-order valence-corrected chi connectivity index (χ3v) is 4.29. The molecule has 0 saturated carbocycles. The van der Waals surface area contributed by atoms with Gasteiger partial charge in [0.15, 0.2) is 6.29 Å². The molecule has 3 nitrogen and oxygen atoms in total. The number of thioether (sulfide) groups is 1. The van der Waals surface area contributed by atoms with Crippen molar-refractivity contribution < 1.29 is 4.79 Å². The van der Waals surface area contributed by atoms with Crippen LogP contribution in [0.1, 0.15) is 23.7 Å². The monoisotopic (exact) mass is 288 g/mol. The Morgan fingerprint density at radius 1 is 1.40 bits per heavy atom. The number of benzene rings is 1. The van der Waals surface area contributed by atoms with Crippen LogP contribution in [0.15, 0.2) is 30.3 Å². The minimum atomic E-state index is 0.386. The van der Waals surface area contributed by atoms with Crippen molar-refractivity contribution in [2.75, 3.05) is 24.0 Å². The molecule has 2 rings (SSSR count). The van der Waals surface area contributed by atoms with Crippen LogP contribution < -0.4 is 4.90 Å². The summed E-state index contributed by atoms with van der Waals surface area (Å²) in [6.45, 7) is 2.17. The van der Waals surface area contributed by atoms with Gasteiger partial charge in [0.1, 0.15) is 5.82 Å². The summed E-state index contributed by atoms with van der Waals surface area (Å²) in [4.78, 5) is 18.2. The van der Waals surface area contributed by atoms with Crippen LogP contribution in [0.3, 0.4) is 0 Å². The number of rotatable bonds is 6. The number of fused-ring (bicyclic) bond motifs is 1. The van der Waals surface area contributed by atoms with Crippen LogP contribution in [0.25, 0.3) is 10.9 Å². The van der Waals surface area contributed by atoms with E-state index in [2.05, 4.69) is 23.1 Å². The Morgan fingerprint density at radius 2 is 2.15 bits per heavy atom. The summed E-state index contributed by atoms with van der Waals surface area (Å²) in [5.41, 5.74) is 1.59. The Bertz CT molecular complexity index is 600. The lowest BCUT2D eigenvalue weighted by molar-refractivity contribution is 0.112. The van der Waals surface area contributed by atoms with Crippen molar-refractivity contribution in [2.45, 2.75) is 19.4 Å². The van der Waals surface area contributed by atoms with E-state index in [1.54, 1.807) is 0 Å². The zero-order valence-corrected chi connectivity index (χ0v) is 13.0. The lowest BCUT2D eigenvalue weighted by Gasteiger charge is -2.29. The number of hydrogen-bond acceptors (Lipinski definition) is 4. The minimum Gasteiger partial charge on any atom is -0.355 e. The van der Waals surface area contributed by atoms with Gasteiger partial charge in [-0.15, -0.1) is 0 Å². The van der Waals surface area contributed by atoms with Crippen LogP contribution in [-0.2, 0) is 0 Å². The number of pyridine rings is 1. The van der Waals surface area contributed by atoms with Gasteiger partial charge in [-0.3, -0.25) is 4.79 Å². The van der Waals surface area contributed by atoms with Crippen LogP contribution in [0, 0.1) is 0 Å². The molecule has 2 aromatic rings. The molecule has 4 heteroatoms. The average molecular weight is 288 g/mol. The van der Waals surface area contributed by atoms with Crippen molar-refractivity contribution in [3.63, 3.8) is 0 Å². The highest BCUT2D eigenvalue weighted by atomic mass is 32.2. The summed E-state index contributed by atoms with van der Waals surface area (Å²) in [6.07, 6.45) is 4.03. The molecule has 1 atom stereocenters. The van der Waals surface area contributed by atoms with Crippen LogP contribution in [0.4, 0.5) is 5.82 Å². The molecule has 0 spiro atoms. The van der Waals surface area contributed by atoms with Crippen LogP contribution in [0.2, 0.25) is 0 Å². The fourth-order valence-electron chi connectivity index (χ4n) is 2.36. The molecule has 1 aromatic carbocycles. The molecule has 1 heterocycles. The standard InChI is InChI=1S/C16H20N2OS/c1-4-14(11-20-3)18(2)16-13(10-19)9-12-7-5-6-8-15(12)17-16/h5-10,14H,4,11H2,1-3H3. The molecule has 0 aliphatic rings. The number of nitrogens with zero attached hydrogens (tertiary/aromatic N) is 2. The molecular weight excluding hydrogens is 268 g/mol. The van der Waals surface area contributed by atoms with E-state index >= 15 is 0 Å². The van der Waals surface area contributed by atoms with Crippen molar-refractivity contribution in [1.29, 1.82) is 0 Å². The Labute approximate surface area is 124 Å². The van der Waals surface area contributed by atoms with Gasteiger partial charge in [0.05, 0.1) is 11.1 Å². The maximum absolute atomic E-state index is 11.4. The fourth-order valence-corrected chi connectivity index (χ4v) is 3.20. The Kier molecular flexibility index (Phi) is 5.01. The first-order chi connectivity index (χ1) is 9.71. The zero-order valence-electron chi connectivity index (χ0n) is 12.2. The second kappa shape index (κ2) is 6.75. The first-order valence-electron chi connectivity index (χ1n) is 6.78. The Balaban J connectivity index is 2.48. The number of aldehydes is 1. The van der Waals surface area contributed by atoms with E-state index in [-0.39, 0.29) is 0 Å². The topological polar surface area (TPSA) is 33.2 Å². The lowest BCUT2D eigenvalue weighted by Crippen LogP contribution is -2.34. The van der Waals surface area contributed by atoms with E-state index in [0.29, 0.717) is 11.6 Å². The molecule has 0 amide bonds. The van der Waals surface area contributed by atoms with Gasteiger partial charge in [0, 0.05) is 24.2 Å². The second-order valence-electron chi connectivity index (χ2n) is 4.84. The smallest absolute Gasteiger partial charge is 0.153 e. The van der Waals surface area contributed by atoms with E-state index < -0.39 is 0 Å². The number of para-hydroxylation sites is 1. The molecule has 0 radical (unpaired) electrons. The zero-order chi connectivity index (χ0) is 14.5. The van der Waals surface area contributed by atoms with E-state index in [1.807, 2.05) is 49.1 Å². The first kappa shape index (κ1) is 14.9. The molecule has 20 heavy (non-hydrogen) atoms. The molecule has 1 unspecified atom stereocenters. The predicted molar refractivity (Wildman–Crippen MR) is 88.0 cm³/mol. The molecule has 0 aliphatic heterocycles. The fraction of sp³-hybridized carbons (Fsp3) is 0.375. The predicted octanol–water partition coefficient (Wildman–Crippen LogP) is 3.63. The summed E-state index contributed by atoms with van der Waals surface area (Å²) < 4.78 is 0. The quantitative estimate of drug-likeness (QED) is 0.760. The summed E-state index contributed by atoms with van der Waals surface area (Å²) in [5.74, 6) is 1.80. The summed E-state index contributed by atoms with van der Waals surface area (Å²) in [6, 6.07) is 10.2. The van der Waals surface area contributed by atoms with Crippen LogP contribution >= 0.6 is 11.8 Å². The van der Waals surface area contributed by atoms with Gasteiger partial charge in [-0.2, -0.15) is 11.8 Å². The van der Waals surface area contributed by atoms with Gasteiger partial charge >= 0.3 is 0 Å². The van der Waals surface area contributed by atoms with Crippen molar-refractivity contribution in [1.82, 2.24) is 4.98 Å². The maximum Gasteiger partial charge on any atom is 0.153 e. The molecule has 106 valence electrons. The largest absolute Gasteiger partial charge is 0.355 e. The Morgan fingerprint density at radius 3 is 2.80 bits per heavy atom. The van der Waals surface area contributed by atoms with Crippen LogP contribution in [0.5, 0.6) is 0 Å². The molecule has 0 saturated heterocycles. The van der Waals surface area contributed by atoms with Gasteiger partial charge in [0.25, 0.3) is 0 Å². The van der Waals surface area contributed by atoms with Crippen molar-refractivity contribution in [3.8, 4) is 0 Å². The van der Waals surface area contributed by atoms with E-state index in [4.69, 9.17) is 0 Å². The van der Waals surface area contributed by atoms with E-state index in [9.17, 15) is 4.79 Å². The summed E-state index contributed by atoms with van der Waals surface area (Å²) >= 11 is 1.82. The number of hydrogen-bond donors (Lipinski definition) is 0. The number of aromatic nitrogens is 1. The molecule has 0 fully saturated rings. The molecule has 0 bridgehead atoms. The third kappa shape index (κ3) is 2.96. The summed E-state index contributed by atoms with van der Waals surface area (Å²) in [7, 11) is 2.02. The highest BCUT2D eigenvalue weighted by Crippen LogP contribution is 2.24. The van der Waals surface area contributed by atoms with Gasteiger partial charge in [-0.25, -0.2) is 4.98 Å². The highest BCUT2D eigenvalue weighted by Gasteiger charge is 2.17. The average Bonchev–Trinajstić information content (AvgIpc) is 2.50. The van der Waals surface area contributed by atoms with Gasteiger partial charge in [0.2, 0.25) is 0 Å². The normalized spacial score (nSPS) is 12.3. The van der Waals surface area contributed by atoms with Crippen molar-refractivity contribution >= 4 is 34.8 Å². The molecular formula is C16H20N2OS. The van der Waals surface area contributed by atoms with Crippen molar-refractivity contribution in [2.24, 2.45) is 0 Å². The van der Waals surface area contributed by atoms with Gasteiger partial charge < -0.3 is 4.90 Å². The van der Waals surface area contributed by atoms with Crippen molar-refractivity contribution in [3.05, 3.63) is 35.9 Å². The minimum absolute atomic E-state index is 0.386. The number of anilines is 1. The maximum atomic E-state index is 11.4. The first-order valence-corrected chi connectivity index (χ1v) is 8.17. The summed E-state index contributed by atoms with van der Waals surface area (Å²) in [5, 5.41) is 1.00. The highest BCUT2D eigenvalue weighted by molar-refractivity contribution is 7.98. The van der Waals surface area contributed by atoms with Gasteiger partial charge in [-0.1, -0.05) is 25.1 Å². The Hall–Kier alpha value is -1.55. The lowest BCUT2D eigenvalue weighted by atomic mass is 10.1. The molecule has 1 aromatic heterocycles. The molecule has 0 aliphatic carbocycles. The van der Waals surface area contributed by atoms with E-state index in [0.717, 1.165) is 35.2 Å². The third-order valence-electron chi connectivity index (χ3n) is 3.57. The number of carbonyl (C=O) groups excluding carboxylic acids is 1. The second-order valence-corrected chi connectivity index (χ2v) is 5.75. The van der Waals surface area contributed by atoms with E-state index in [1.165, 1.54) is 0 Å². The van der Waals surface area contributed by atoms with Crippen LogP contribution in [-0.4, -0.2) is 36.4 Å².